The minimum absolute atomic E-state index is 0.0106. The predicted molar refractivity (Wildman–Crippen MR) is 70.7 cm³/mol. The molecule has 2 rings (SSSR count). The van der Waals surface area contributed by atoms with Crippen LogP contribution in [0.3, 0.4) is 0 Å². The molecule has 1 aromatic rings. The van der Waals surface area contributed by atoms with Crippen LogP contribution in [0.4, 0.5) is 0 Å². The summed E-state index contributed by atoms with van der Waals surface area (Å²) in [6.45, 7) is 1.85. The summed E-state index contributed by atoms with van der Waals surface area (Å²) in [5, 5.41) is 10.4. The summed E-state index contributed by atoms with van der Waals surface area (Å²) in [5.74, 6) is 5.93. The second-order valence-corrected chi connectivity index (χ2v) is 4.86. The lowest BCUT2D eigenvalue weighted by atomic mass is 9.60. The van der Waals surface area contributed by atoms with Gasteiger partial charge in [0.1, 0.15) is 0 Å². The zero-order valence-electron chi connectivity index (χ0n) is 10.4. The summed E-state index contributed by atoms with van der Waals surface area (Å²) in [5.41, 5.74) is 1.31. The molecule has 0 radical (unpaired) electrons. The Balaban J connectivity index is 2.11. The average Bonchev–Trinajstić information content (AvgIpc) is 2.29. The van der Waals surface area contributed by atoms with Crippen molar-refractivity contribution in [2.75, 3.05) is 0 Å². The molecule has 0 amide bonds. The molecule has 90 valence electrons. The molecule has 0 heterocycles. The van der Waals surface area contributed by atoms with Crippen LogP contribution in [-0.2, 0) is 5.41 Å². The van der Waals surface area contributed by atoms with E-state index in [0.717, 1.165) is 25.7 Å². The van der Waals surface area contributed by atoms with Gasteiger partial charge in [-0.3, -0.25) is 0 Å². The molecule has 1 heteroatoms. The van der Waals surface area contributed by atoms with E-state index in [9.17, 15) is 5.11 Å². The molecule has 1 fully saturated rings. The van der Waals surface area contributed by atoms with Crippen molar-refractivity contribution in [2.45, 2.75) is 50.5 Å². The Morgan fingerprint density at radius 2 is 2.00 bits per heavy atom. The van der Waals surface area contributed by atoms with E-state index in [-0.39, 0.29) is 11.5 Å². The first-order valence-electron chi connectivity index (χ1n) is 6.43. The van der Waals surface area contributed by atoms with Crippen molar-refractivity contribution in [3.8, 4) is 11.8 Å². The molecule has 1 aromatic carbocycles. The zero-order chi connectivity index (χ0) is 12.1. The smallest absolute Gasteiger partial charge is 0.0645 e. The molecule has 1 unspecified atom stereocenters. The minimum atomic E-state index is -0.250. The Kier molecular flexibility index (Phi) is 3.86. The maximum absolute atomic E-state index is 10.4. The second-order valence-electron chi connectivity index (χ2n) is 4.86. The topological polar surface area (TPSA) is 20.2 Å². The maximum atomic E-state index is 10.4. The van der Waals surface area contributed by atoms with Gasteiger partial charge in [-0.15, -0.1) is 11.8 Å². The van der Waals surface area contributed by atoms with E-state index in [1.54, 1.807) is 0 Å². The quantitative estimate of drug-likeness (QED) is 0.784. The molecular weight excluding hydrogens is 208 g/mol. The third kappa shape index (κ3) is 2.37. The first kappa shape index (κ1) is 12.2. The van der Waals surface area contributed by atoms with Gasteiger partial charge in [-0.05, 0) is 31.7 Å². The van der Waals surface area contributed by atoms with Crippen LogP contribution < -0.4 is 0 Å². The number of rotatable bonds is 4. The normalized spacial score (nSPS) is 18.7. The van der Waals surface area contributed by atoms with E-state index in [1.165, 1.54) is 12.0 Å². The van der Waals surface area contributed by atoms with Gasteiger partial charge in [-0.25, -0.2) is 0 Å². The van der Waals surface area contributed by atoms with E-state index in [0.29, 0.717) is 0 Å². The van der Waals surface area contributed by atoms with Crippen LogP contribution in [0.2, 0.25) is 0 Å². The van der Waals surface area contributed by atoms with Crippen LogP contribution in [0.25, 0.3) is 0 Å². The van der Waals surface area contributed by atoms with Gasteiger partial charge in [0.25, 0.3) is 0 Å². The number of benzene rings is 1. The second kappa shape index (κ2) is 5.38. The fourth-order valence-corrected chi connectivity index (χ4v) is 2.75. The van der Waals surface area contributed by atoms with E-state index < -0.39 is 0 Å². The van der Waals surface area contributed by atoms with E-state index in [2.05, 4.69) is 36.1 Å². The van der Waals surface area contributed by atoms with Crippen LogP contribution in [0, 0.1) is 11.8 Å². The van der Waals surface area contributed by atoms with Gasteiger partial charge in [0.2, 0.25) is 0 Å². The molecule has 0 spiro atoms. The van der Waals surface area contributed by atoms with Crippen LogP contribution in [0.5, 0.6) is 0 Å². The molecule has 0 bridgehead atoms. The van der Waals surface area contributed by atoms with Gasteiger partial charge < -0.3 is 5.11 Å². The van der Waals surface area contributed by atoms with Crippen LogP contribution in [0.1, 0.15) is 44.6 Å². The highest BCUT2D eigenvalue weighted by molar-refractivity contribution is 5.29. The zero-order valence-corrected chi connectivity index (χ0v) is 10.4. The van der Waals surface area contributed by atoms with Crippen molar-refractivity contribution in [3.05, 3.63) is 35.9 Å². The van der Waals surface area contributed by atoms with E-state index >= 15 is 0 Å². The standard InChI is InChI=1S/C16H20O/c1-2-3-5-11-15(17)16(12-8-13-16)14-9-6-4-7-10-14/h4,6-7,9-10,15,17H,5,8,11-13H2,1H3. The summed E-state index contributed by atoms with van der Waals surface area (Å²) < 4.78 is 0. The third-order valence-electron chi connectivity index (χ3n) is 3.95. The van der Waals surface area contributed by atoms with Crippen molar-refractivity contribution >= 4 is 0 Å². The summed E-state index contributed by atoms with van der Waals surface area (Å²) in [7, 11) is 0. The molecule has 0 aliphatic heterocycles. The molecule has 1 atom stereocenters. The molecule has 1 aliphatic carbocycles. The number of hydrogen-bond donors (Lipinski definition) is 1. The fourth-order valence-electron chi connectivity index (χ4n) is 2.75. The number of hydrogen-bond acceptors (Lipinski definition) is 1. The maximum Gasteiger partial charge on any atom is 0.0645 e. The highest BCUT2D eigenvalue weighted by atomic mass is 16.3. The fraction of sp³-hybridized carbons (Fsp3) is 0.500. The van der Waals surface area contributed by atoms with Gasteiger partial charge in [0.05, 0.1) is 6.10 Å². The highest BCUT2D eigenvalue weighted by Crippen LogP contribution is 2.47. The molecule has 1 saturated carbocycles. The Bertz CT molecular complexity index is 406. The Morgan fingerprint density at radius 1 is 1.29 bits per heavy atom. The van der Waals surface area contributed by atoms with E-state index in [4.69, 9.17) is 0 Å². The lowest BCUT2D eigenvalue weighted by Crippen LogP contribution is -2.45. The summed E-state index contributed by atoms with van der Waals surface area (Å²) >= 11 is 0. The highest BCUT2D eigenvalue weighted by Gasteiger charge is 2.44. The lowest BCUT2D eigenvalue weighted by Gasteiger charge is -2.46. The van der Waals surface area contributed by atoms with Crippen molar-refractivity contribution in [3.63, 3.8) is 0 Å². The first-order valence-corrected chi connectivity index (χ1v) is 6.43. The van der Waals surface area contributed by atoms with Crippen molar-refractivity contribution < 1.29 is 5.11 Å². The monoisotopic (exact) mass is 228 g/mol. The first-order chi connectivity index (χ1) is 8.29. The third-order valence-corrected chi connectivity index (χ3v) is 3.95. The van der Waals surface area contributed by atoms with Crippen LogP contribution in [0.15, 0.2) is 30.3 Å². The number of aliphatic hydroxyl groups is 1. The molecule has 0 aromatic heterocycles. The average molecular weight is 228 g/mol. The Morgan fingerprint density at radius 3 is 2.53 bits per heavy atom. The van der Waals surface area contributed by atoms with Gasteiger partial charge >= 0.3 is 0 Å². The summed E-state index contributed by atoms with van der Waals surface area (Å²) in [6, 6.07) is 10.5. The van der Waals surface area contributed by atoms with Crippen LogP contribution in [-0.4, -0.2) is 11.2 Å². The lowest BCUT2D eigenvalue weighted by molar-refractivity contribution is 0.0233. The Labute approximate surface area is 104 Å². The molecule has 17 heavy (non-hydrogen) atoms. The van der Waals surface area contributed by atoms with Gasteiger partial charge in [0, 0.05) is 11.8 Å². The van der Waals surface area contributed by atoms with Crippen LogP contribution >= 0.6 is 0 Å². The molecule has 1 N–H and O–H groups in total. The molecule has 1 aliphatic rings. The van der Waals surface area contributed by atoms with Gasteiger partial charge in [0.15, 0.2) is 0 Å². The van der Waals surface area contributed by atoms with Gasteiger partial charge in [-0.2, -0.15) is 0 Å². The summed E-state index contributed by atoms with van der Waals surface area (Å²) in [6.07, 6.45) is 4.78. The predicted octanol–water partition coefficient (Wildman–Crippen LogP) is 3.27. The SMILES string of the molecule is CC#CCCC(O)C1(c2ccccc2)CCC1. The molecular formula is C16H20O. The van der Waals surface area contributed by atoms with Crippen molar-refractivity contribution in [2.24, 2.45) is 0 Å². The number of aliphatic hydroxyl groups excluding tert-OH is 1. The van der Waals surface area contributed by atoms with Crippen molar-refractivity contribution in [1.29, 1.82) is 0 Å². The van der Waals surface area contributed by atoms with Crippen molar-refractivity contribution in [1.82, 2.24) is 0 Å². The molecule has 0 saturated heterocycles. The Hall–Kier alpha value is -1.26. The largest absolute Gasteiger partial charge is 0.392 e. The van der Waals surface area contributed by atoms with E-state index in [1.807, 2.05) is 13.0 Å². The molecule has 1 nitrogen and oxygen atoms in total. The minimum Gasteiger partial charge on any atom is -0.392 e. The van der Waals surface area contributed by atoms with Gasteiger partial charge in [-0.1, -0.05) is 36.8 Å². The summed E-state index contributed by atoms with van der Waals surface area (Å²) in [4.78, 5) is 0.